The number of ether oxygens (including phenoxy) is 1. The van der Waals surface area contributed by atoms with E-state index >= 15 is 0 Å². The van der Waals surface area contributed by atoms with Crippen LogP contribution in [0.5, 0.6) is 11.5 Å². The summed E-state index contributed by atoms with van der Waals surface area (Å²) in [5.74, 6) is 1.64. The van der Waals surface area contributed by atoms with Gasteiger partial charge in [0.15, 0.2) is 0 Å². The number of para-hydroxylation sites is 2. The number of nitrogens with one attached hydrogen (secondary N) is 1. The SMILES string of the molecule is O=C(CSc1nnc(-c2ccccc2Oc2ccccc2)o1)Nc1cccc(Br)c1. The number of hydrogen-bond donors (Lipinski definition) is 1. The predicted octanol–water partition coefficient (Wildman–Crippen LogP) is 6.02. The van der Waals surface area contributed by atoms with Crippen LogP contribution in [-0.2, 0) is 4.79 Å². The number of rotatable bonds is 7. The van der Waals surface area contributed by atoms with Crippen molar-refractivity contribution in [2.24, 2.45) is 0 Å². The molecule has 0 atom stereocenters. The van der Waals surface area contributed by atoms with E-state index in [9.17, 15) is 4.79 Å². The van der Waals surface area contributed by atoms with Gasteiger partial charge in [-0.15, -0.1) is 10.2 Å². The van der Waals surface area contributed by atoms with Gasteiger partial charge in [0.1, 0.15) is 11.5 Å². The Balaban J connectivity index is 1.41. The lowest BCUT2D eigenvalue weighted by atomic mass is 10.2. The lowest BCUT2D eigenvalue weighted by Gasteiger charge is -2.08. The largest absolute Gasteiger partial charge is 0.457 e. The fourth-order valence-corrected chi connectivity index (χ4v) is 3.58. The molecule has 0 unspecified atom stereocenters. The maximum Gasteiger partial charge on any atom is 0.277 e. The molecule has 30 heavy (non-hydrogen) atoms. The van der Waals surface area contributed by atoms with E-state index in [2.05, 4.69) is 31.4 Å². The second-order valence-corrected chi connectivity index (χ2v) is 7.97. The number of nitrogens with zero attached hydrogens (tertiary/aromatic N) is 2. The van der Waals surface area contributed by atoms with E-state index in [1.165, 1.54) is 11.8 Å². The molecule has 0 aliphatic rings. The van der Waals surface area contributed by atoms with Crippen molar-refractivity contribution in [1.82, 2.24) is 10.2 Å². The zero-order valence-corrected chi connectivity index (χ0v) is 18.0. The third-order valence-electron chi connectivity index (χ3n) is 3.93. The Morgan fingerprint density at radius 3 is 2.63 bits per heavy atom. The van der Waals surface area contributed by atoms with Crippen LogP contribution in [0.2, 0.25) is 0 Å². The first-order valence-corrected chi connectivity index (χ1v) is 10.8. The highest BCUT2D eigenvalue weighted by molar-refractivity contribution is 9.10. The maximum atomic E-state index is 12.2. The molecular weight excluding hydrogens is 466 g/mol. The number of amides is 1. The summed E-state index contributed by atoms with van der Waals surface area (Å²) in [6.45, 7) is 0. The quantitative estimate of drug-likeness (QED) is 0.325. The first-order chi connectivity index (χ1) is 14.7. The Morgan fingerprint density at radius 1 is 1.00 bits per heavy atom. The Hall–Kier alpha value is -3.10. The minimum absolute atomic E-state index is 0.149. The van der Waals surface area contributed by atoms with Gasteiger partial charge in [-0.05, 0) is 42.5 Å². The first kappa shape index (κ1) is 20.2. The van der Waals surface area contributed by atoms with Crippen LogP contribution in [-0.4, -0.2) is 21.9 Å². The van der Waals surface area contributed by atoms with Gasteiger partial charge in [-0.3, -0.25) is 4.79 Å². The molecule has 1 N–H and O–H groups in total. The van der Waals surface area contributed by atoms with Crippen molar-refractivity contribution < 1.29 is 13.9 Å². The normalized spacial score (nSPS) is 10.6. The van der Waals surface area contributed by atoms with Crippen LogP contribution in [0.1, 0.15) is 0 Å². The number of carbonyl (C=O) groups is 1. The topological polar surface area (TPSA) is 77.2 Å². The average molecular weight is 482 g/mol. The van der Waals surface area contributed by atoms with Gasteiger partial charge < -0.3 is 14.5 Å². The van der Waals surface area contributed by atoms with Crippen molar-refractivity contribution in [3.05, 3.63) is 83.3 Å². The molecule has 0 aliphatic carbocycles. The maximum absolute atomic E-state index is 12.2. The van der Waals surface area contributed by atoms with Gasteiger partial charge in [0.05, 0.1) is 11.3 Å². The van der Waals surface area contributed by atoms with E-state index in [1.807, 2.05) is 78.9 Å². The molecule has 1 amide bonds. The van der Waals surface area contributed by atoms with E-state index in [1.54, 1.807) is 0 Å². The predicted molar refractivity (Wildman–Crippen MR) is 120 cm³/mol. The fraction of sp³-hybridized carbons (Fsp3) is 0.0455. The highest BCUT2D eigenvalue weighted by atomic mass is 79.9. The lowest BCUT2D eigenvalue weighted by molar-refractivity contribution is -0.113. The van der Waals surface area contributed by atoms with E-state index in [4.69, 9.17) is 9.15 Å². The molecule has 0 aliphatic heterocycles. The van der Waals surface area contributed by atoms with Gasteiger partial charge in [0, 0.05) is 10.2 Å². The minimum Gasteiger partial charge on any atom is -0.457 e. The van der Waals surface area contributed by atoms with E-state index in [-0.39, 0.29) is 11.7 Å². The number of aromatic nitrogens is 2. The molecule has 0 saturated heterocycles. The van der Waals surface area contributed by atoms with Crippen molar-refractivity contribution in [2.45, 2.75) is 5.22 Å². The molecule has 6 nitrogen and oxygen atoms in total. The molecule has 0 saturated carbocycles. The average Bonchev–Trinajstić information content (AvgIpc) is 3.22. The van der Waals surface area contributed by atoms with Crippen LogP contribution < -0.4 is 10.1 Å². The number of benzene rings is 3. The van der Waals surface area contributed by atoms with Crippen LogP contribution >= 0.6 is 27.7 Å². The number of thioether (sulfide) groups is 1. The summed E-state index contributed by atoms with van der Waals surface area (Å²) in [5.41, 5.74) is 1.40. The van der Waals surface area contributed by atoms with Crippen LogP contribution in [0.15, 0.2) is 93.0 Å². The number of anilines is 1. The minimum atomic E-state index is -0.161. The third kappa shape index (κ3) is 5.28. The molecular formula is C22H16BrN3O3S. The van der Waals surface area contributed by atoms with E-state index in [0.717, 1.165) is 4.47 Å². The van der Waals surface area contributed by atoms with E-state index < -0.39 is 0 Å². The van der Waals surface area contributed by atoms with Gasteiger partial charge in [0.2, 0.25) is 5.91 Å². The first-order valence-electron chi connectivity index (χ1n) is 9.01. The Kier molecular flexibility index (Phi) is 6.46. The third-order valence-corrected chi connectivity index (χ3v) is 5.24. The lowest BCUT2D eigenvalue weighted by Crippen LogP contribution is -2.13. The fourth-order valence-electron chi connectivity index (χ4n) is 2.62. The van der Waals surface area contributed by atoms with Gasteiger partial charge in [0.25, 0.3) is 11.1 Å². The molecule has 0 bridgehead atoms. The summed E-state index contributed by atoms with van der Waals surface area (Å²) >= 11 is 4.55. The Morgan fingerprint density at radius 2 is 1.80 bits per heavy atom. The van der Waals surface area contributed by atoms with Crippen molar-refractivity contribution in [3.63, 3.8) is 0 Å². The van der Waals surface area contributed by atoms with Crippen LogP contribution in [0.4, 0.5) is 5.69 Å². The summed E-state index contributed by atoms with van der Waals surface area (Å²) in [6, 6.07) is 24.3. The number of hydrogen-bond acceptors (Lipinski definition) is 6. The van der Waals surface area contributed by atoms with Gasteiger partial charge >= 0.3 is 0 Å². The smallest absolute Gasteiger partial charge is 0.277 e. The van der Waals surface area contributed by atoms with Crippen molar-refractivity contribution >= 4 is 39.3 Å². The molecule has 3 aromatic carbocycles. The standard InChI is InChI=1S/C22H16BrN3O3S/c23-15-7-6-8-16(13-15)24-20(27)14-30-22-26-25-21(29-22)18-11-4-5-12-19(18)28-17-9-2-1-3-10-17/h1-13H,14H2,(H,24,27). The molecule has 0 spiro atoms. The zero-order chi connectivity index (χ0) is 20.8. The summed E-state index contributed by atoms with van der Waals surface area (Å²) in [6.07, 6.45) is 0. The molecule has 0 radical (unpaired) electrons. The van der Waals surface area contributed by atoms with Gasteiger partial charge in [-0.2, -0.15) is 0 Å². The van der Waals surface area contributed by atoms with Crippen molar-refractivity contribution in [3.8, 4) is 23.0 Å². The zero-order valence-electron chi connectivity index (χ0n) is 15.6. The monoisotopic (exact) mass is 481 g/mol. The molecule has 0 fully saturated rings. The van der Waals surface area contributed by atoms with Gasteiger partial charge in [-0.1, -0.05) is 64.1 Å². The highest BCUT2D eigenvalue weighted by Crippen LogP contribution is 2.33. The van der Waals surface area contributed by atoms with Crippen molar-refractivity contribution in [2.75, 3.05) is 11.1 Å². The summed E-state index contributed by atoms with van der Waals surface area (Å²) in [5, 5.41) is 11.3. The van der Waals surface area contributed by atoms with E-state index in [0.29, 0.717) is 33.9 Å². The molecule has 8 heteroatoms. The van der Waals surface area contributed by atoms with Gasteiger partial charge in [-0.25, -0.2) is 0 Å². The molecule has 150 valence electrons. The summed E-state index contributed by atoms with van der Waals surface area (Å²) in [7, 11) is 0. The second kappa shape index (κ2) is 9.60. The molecule has 4 aromatic rings. The Labute approximate surface area is 185 Å². The molecule has 4 rings (SSSR count). The van der Waals surface area contributed by atoms with Crippen molar-refractivity contribution in [1.29, 1.82) is 0 Å². The molecule has 1 heterocycles. The molecule has 1 aromatic heterocycles. The summed E-state index contributed by atoms with van der Waals surface area (Å²) in [4.78, 5) is 12.2. The highest BCUT2D eigenvalue weighted by Gasteiger charge is 2.15. The Bertz CT molecular complexity index is 1150. The number of carbonyl (C=O) groups excluding carboxylic acids is 1. The number of halogens is 1. The van der Waals surface area contributed by atoms with Crippen LogP contribution in [0.25, 0.3) is 11.5 Å². The van der Waals surface area contributed by atoms with Crippen LogP contribution in [0, 0.1) is 0 Å². The summed E-state index contributed by atoms with van der Waals surface area (Å²) < 4.78 is 12.6. The van der Waals surface area contributed by atoms with Crippen LogP contribution in [0.3, 0.4) is 0 Å². The second-order valence-electron chi connectivity index (χ2n) is 6.13.